The van der Waals surface area contributed by atoms with E-state index in [0.29, 0.717) is 0 Å². The second kappa shape index (κ2) is 17.7. The molecule has 0 saturated heterocycles. The van der Waals surface area contributed by atoms with Crippen molar-refractivity contribution < 1.29 is 0 Å². The summed E-state index contributed by atoms with van der Waals surface area (Å²) in [6.07, 6.45) is 0. The molecule has 0 amide bonds. The van der Waals surface area contributed by atoms with E-state index in [0.717, 1.165) is 28.2 Å². The van der Waals surface area contributed by atoms with Crippen molar-refractivity contribution in [1.82, 2.24) is 0 Å². The Morgan fingerprint density at radius 2 is 0.600 bits per heavy atom. The molecular weight excluding hydrogens is 783 g/mol. The highest BCUT2D eigenvalue weighted by molar-refractivity contribution is 5.98. The molecule has 11 aromatic rings. The number of nitrogens with zero attached hydrogens (tertiary/aromatic N) is 1. The molecule has 0 N–H and O–H groups in total. The topological polar surface area (TPSA) is 3.24 Å². The Labute approximate surface area is 381 Å². The Hall–Kier alpha value is -8.52. The summed E-state index contributed by atoms with van der Waals surface area (Å²) in [6.45, 7) is 0. The lowest BCUT2D eigenvalue weighted by molar-refractivity contribution is 1.28. The summed E-state index contributed by atoms with van der Waals surface area (Å²) in [5.74, 6) is 0. The molecule has 0 aliphatic rings. The number of benzene rings is 11. The molecule has 11 rings (SSSR count). The van der Waals surface area contributed by atoms with Gasteiger partial charge < -0.3 is 4.90 Å². The molecule has 0 unspecified atom stereocenters. The fourth-order valence-corrected chi connectivity index (χ4v) is 9.20. The average molecular weight is 828 g/mol. The van der Waals surface area contributed by atoms with Crippen LogP contribution in [0.1, 0.15) is 0 Å². The Morgan fingerprint density at radius 1 is 0.185 bits per heavy atom. The molecule has 0 bridgehead atoms. The third kappa shape index (κ3) is 8.04. The predicted octanol–water partition coefficient (Wildman–Crippen LogP) is 18.0. The van der Waals surface area contributed by atoms with Gasteiger partial charge in [-0.2, -0.15) is 0 Å². The second-order valence-corrected chi connectivity index (χ2v) is 16.5. The van der Waals surface area contributed by atoms with Crippen LogP contribution in [0.2, 0.25) is 0 Å². The molecule has 0 spiro atoms. The van der Waals surface area contributed by atoms with Crippen LogP contribution in [0, 0.1) is 0 Å². The SMILES string of the molecule is c1ccc(-c2ccc(-c3ccc(N(c4cccc(-c5ccc6ccccc6c5)c4)c4ccccc4-c4ccccc4-c4ccc(-c5ccccc5)cc4-c4ccccc4)cc3)cc2)cc1. The molecule has 0 fully saturated rings. The van der Waals surface area contributed by atoms with Crippen LogP contribution in [0.25, 0.3) is 88.7 Å². The lowest BCUT2D eigenvalue weighted by Gasteiger charge is -2.29. The van der Waals surface area contributed by atoms with Crippen molar-refractivity contribution in [1.29, 1.82) is 0 Å². The molecule has 65 heavy (non-hydrogen) atoms. The lowest BCUT2D eigenvalue weighted by atomic mass is 9.87. The standard InChI is InChI=1S/C64H45N/c1-4-17-46(18-5-1)49-31-33-50(34-32-49)51-37-40-57(41-38-51)65(58-26-16-25-54(44-58)55-36-35-48-21-10-11-24-53(48)43-55)64-30-15-14-29-62(64)60-28-13-12-27-59(60)61-42-39-56(47-19-6-2-7-20-47)45-63(61)52-22-8-3-9-23-52/h1-45H. The van der Waals surface area contributed by atoms with Gasteiger partial charge in [0.05, 0.1) is 5.69 Å². The van der Waals surface area contributed by atoms with Crippen molar-refractivity contribution >= 4 is 27.8 Å². The maximum absolute atomic E-state index is 2.43. The highest BCUT2D eigenvalue weighted by Crippen LogP contribution is 2.46. The van der Waals surface area contributed by atoms with Gasteiger partial charge in [0.25, 0.3) is 0 Å². The minimum atomic E-state index is 1.08. The van der Waals surface area contributed by atoms with E-state index in [-0.39, 0.29) is 0 Å². The van der Waals surface area contributed by atoms with Crippen molar-refractivity contribution in [2.45, 2.75) is 0 Å². The smallest absolute Gasteiger partial charge is 0.0540 e. The first kappa shape index (κ1) is 39.3. The van der Waals surface area contributed by atoms with E-state index in [1.54, 1.807) is 0 Å². The lowest BCUT2D eigenvalue weighted by Crippen LogP contribution is -2.11. The van der Waals surface area contributed by atoms with E-state index in [9.17, 15) is 0 Å². The molecule has 0 aliphatic carbocycles. The van der Waals surface area contributed by atoms with Crippen molar-refractivity contribution in [3.63, 3.8) is 0 Å². The minimum Gasteiger partial charge on any atom is -0.310 e. The van der Waals surface area contributed by atoms with Crippen LogP contribution in [0.5, 0.6) is 0 Å². The van der Waals surface area contributed by atoms with Crippen molar-refractivity contribution in [3.05, 3.63) is 273 Å². The van der Waals surface area contributed by atoms with Crippen molar-refractivity contribution in [3.8, 4) is 77.9 Å². The van der Waals surface area contributed by atoms with Gasteiger partial charge in [0, 0.05) is 16.9 Å². The summed E-state index contributed by atoms with van der Waals surface area (Å²) in [6, 6.07) is 98.9. The van der Waals surface area contributed by atoms with Gasteiger partial charge in [0.15, 0.2) is 0 Å². The number of para-hydroxylation sites is 1. The maximum Gasteiger partial charge on any atom is 0.0540 e. The molecule has 0 saturated carbocycles. The number of hydrogen-bond donors (Lipinski definition) is 0. The fraction of sp³-hybridized carbons (Fsp3) is 0. The zero-order valence-corrected chi connectivity index (χ0v) is 35.9. The van der Waals surface area contributed by atoms with Crippen LogP contribution in [0.3, 0.4) is 0 Å². The molecule has 0 heterocycles. The molecule has 0 aromatic heterocycles. The van der Waals surface area contributed by atoms with Gasteiger partial charge in [0.2, 0.25) is 0 Å². The second-order valence-electron chi connectivity index (χ2n) is 16.5. The third-order valence-corrected chi connectivity index (χ3v) is 12.5. The summed E-state index contributed by atoms with van der Waals surface area (Å²) < 4.78 is 0. The normalized spacial score (nSPS) is 11.1. The van der Waals surface area contributed by atoms with Gasteiger partial charge in [-0.25, -0.2) is 0 Å². The first-order valence-corrected chi connectivity index (χ1v) is 22.3. The molecular formula is C64H45N. The zero-order valence-electron chi connectivity index (χ0n) is 35.9. The Kier molecular flexibility index (Phi) is 10.7. The Balaban J connectivity index is 1.05. The molecule has 0 atom stereocenters. The van der Waals surface area contributed by atoms with Gasteiger partial charge in [0.1, 0.15) is 0 Å². The van der Waals surface area contributed by atoms with Gasteiger partial charge >= 0.3 is 0 Å². The molecule has 1 heteroatoms. The number of anilines is 3. The van der Waals surface area contributed by atoms with E-state index < -0.39 is 0 Å². The van der Waals surface area contributed by atoms with Crippen LogP contribution in [0.4, 0.5) is 17.1 Å². The Morgan fingerprint density at radius 3 is 1.26 bits per heavy atom. The summed E-state index contributed by atoms with van der Waals surface area (Å²) >= 11 is 0. The van der Waals surface area contributed by atoms with Gasteiger partial charge in [-0.3, -0.25) is 0 Å². The zero-order chi connectivity index (χ0) is 43.4. The molecule has 0 aliphatic heterocycles. The molecule has 0 radical (unpaired) electrons. The first-order valence-electron chi connectivity index (χ1n) is 22.3. The van der Waals surface area contributed by atoms with Gasteiger partial charge in [-0.05, 0) is 126 Å². The highest BCUT2D eigenvalue weighted by Gasteiger charge is 2.21. The number of hydrogen-bond acceptors (Lipinski definition) is 1. The van der Waals surface area contributed by atoms with Gasteiger partial charge in [-0.15, -0.1) is 0 Å². The summed E-state index contributed by atoms with van der Waals surface area (Å²) in [5, 5.41) is 2.47. The number of fused-ring (bicyclic) bond motifs is 1. The predicted molar refractivity (Wildman–Crippen MR) is 277 cm³/mol. The monoisotopic (exact) mass is 827 g/mol. The van der Waals surface area contributed by atoms with Crippen molar-refractivity contribution in [2.75, 3.05) is 4.90 Å². The summed E-state index contributed by atoms with van der Waals surface area (Å²) in [7, 11) is 0. The van der Waals surface area contributed by atoms with Crippen LogP contribution < -0.4 is 4.90 Å². The van der Waals surface area contributed by atoms with E-state index in [4.69, 9.17) is 0 Å². The molecule has 1 nitrogen and oxygen atoms in total. The van der Waals surface area contributed by atoms with E-state index in [1.807, 2.05) is 0 Å². The van der Waals surface area contributed by atoms with Crippen LogP contribution in [-0.4, -0.2) is 0 Å². The van der Waals surface area contributed by atoms with E-state index in [2.05, 4.69) is 278 Å². The summed E-state index contributed by atoms with van der Waals surface area (Å²) in [5.41, 5.74) is 19.8. The summed E-state index contributed by atoms with van der Waals surface area (Å²) in [4.78, 5) is 2.43. The third-order valence-electron chi connectivity index (χ3n) is 12.5. The fourth-order valence-electron chi connectivity index (χ4n) is 9.20. The highest BCUT2D eigenvalue weighted by atomic mass is 15.1. The molecule has 11 aromatic carbocycles. The van der Waals surface area contributed by atoms with Crippen LogP contribution in [-0.2, 0) is 0 Å². The van der Waals surface area contributed by atoms with E-state index >= 15 is 0 Å². The van der Waals surface area contributed by atoms with Crippen molar-refractivity contribution in [2.24, 2.45) is 0 Å². The number of rotatable bonds is 10. The largest absolute Gasteiger partial charge is 0.310 e. The van der Waals surface area contributed by atoms with Crippen LogP contribution in [0.15, 0.2) is 273 Å². The average Bonchev–Trinajstić information content (AvgIpc) is 3.40. The Bertz CT molecular complexity index is 3390. The quantitative estimate of drug-likeness (QED) is 0.133. The molecule has 306 valence electrons. The van der Waals surface area contributed by atoms with Gasteiger partial charge in [-0.1, -0.05) is 231 Å². The van der Waals surface area contributed by atoms with Crippen LogP contribution >= 0.6 is 0 Å². The maximum atomic E-state index is 2.43. The van der Waals surface area contributed by atoms with E-state index in [1.165, 1.54) is 77.5 Å². The first-order chi connectivity index (χ1) is 32.2. The minimum absolute atomic E-state index is 1.08.